The molecule has 2 aromatic carbocycles. The third-order valence-corrected chi connectivity index (χ3v) is 5.34. The van der Waals surface area contributed by atoms with Gasteiger partial charge in [-0.05, 0) is 35.6 Å². The Hall–Kier alpha value is -2.04. The molecule has 6 heteroatoms. The zero-order chi connectivity index (χ0) is 21.4. The van der Waals surface area contributed by atoms with Gasteiger partial charge in [-0.1, -0.05) is 80.4 Å². The summed E-state index contributed by atoms with van der Waals surface area (Å²) in [4.78, 5) is 27.7. The molecular formula is C23H28Cl2N2O2. The topological polar surface area (TPSA) is 49.4 Å². The summed E-state index contributed by atoms with van der Waals surface area (Å²) in [6.07, 6.45) is 0.682. The van der Waals surface area contributed by atoms with E-state index in [1.165, 1.54) is 0 Å². The van der Waals surface area contributed by atoms with Crippen molar-refractivity contribution in [3.05, 3.63) is 69.7 Å². The second-order valence-corrected chi connectivity index (χ2v) is 8.31. The zero-order valence-corrected chi connectivity index (χ0v) is 18.6. The van der Waals surface area contributed by atoms with Crippen LogP contribution in [0.1, 0.15) is 38.3 Å². The number of nitrogens with zero attached hydrogens (tertiary/aromatic N) is 1. The minimum absolute atomic E-state index is 0.125. The Labute approximate surface area is 183 Å². The SMILES string of the molecule is CC[C@H](C(=O)NCC(C)C)N(Cc1ccccc1)C(=O)Cc1ccc(Cl)c(Cl)c1. The van der Waals surface area contributed by atoms with Crippen LogP contribution in [0.5, 0.6) is 0 Å². The van der Waals surface area contributed by atoms with Crippen LogP contribution >= 0.6 is 23.2 Å². The van der Waals surface area contributed by atoms with Crippen LogP contribution in [0.4, 0.5) is 0 Å². The number of carbonyl (C=O) groups is 2. The molecule has 0 aromatic heterocycles. The van der Waals surface area contributed by atoms with Crippen LogP contribution in [0, 0.1) is 5.92 Å². The number of halogens is 2. The minimum Gasteiger partial charge on any atom is -0.354 e. The van der Waals surface area contributed by atoms with Gasteiger partial charge >= 0.3 is 0 Å². The predicted molar refractivity (Wildman–Crippen MR) is 119 cm³/mol. The van der Waals surface area contributed by atoms with Crippen LogP contribution in [0.3, 0.4) is 0 Å². The standard InChI is InChI=1S/C23H28Cl2N2O2/c1-4-21(23(29)26-14-16(2)3)27(15-17-8-6-5-7-9-17)22(28)13-18-10-11-19(24)20(25)12-18/h5-12,16,21H,4,13-15H2,1-3H3,(H,26,29)/t21-/m1/s1. The molecule has 0 aliphatic heterocycles. The van der Waals surface area contributed by atoms with Crippen molar-refractivity contribution in [3.63, 3.8) is 0 Å². The molecule has 0 radical (unpaired) electrons. The largest absolute Gasteiger partial charge is 0.354 e. The van der Waals surface area contributed by atoms with E-state index in [1.807, 2.05) is 51.1 Å². The number of rotatable bonds is 9. The van der Waals surface area contributed by atoms with Crippen molar-refractivity contribution in [2.24, 2.45) is 5.92 Å². The highest BCUT2D eigenvalue weighted by Crippen LogP contribution is 2.23. The smallest absolute Gasteiger partial charge is 0.242 e. The Balaban J connectivity index is 2.25. The maximum absolute atomic E-state index is 13.2. The van der Waals surface area contributed by atoms with Gasteiger partial charge in [0.05, 0.1) is 16.5 Å². The molecule has 1 atom stereocenters. The van der Waals surface area contributed by atoms with Crippen molar-refractivity contribution in [2.45, 2.75) is 46.2 Å². The molecule has 0 spiro atoms. The van der Waals surface area contributed by atoms with Gasteiger partial charge in [-0.15, -0.1) is 0 Å². The molecular weight excluding hydrogens is 407 g/mol. The molecule has 0 aliphatic carbocycles. The Morgan fingerprint density at radius 3 is 2.28 bits per heavy atom. The summed E-state index contributed by atoms with van der Waals surface area (Å²) < 4.78 is 0. The van der Waals surface area contributed by atoms with Crippen LogP contribution in [-0.4, -0.2) is 29.3 Å². The minimum atomic E-state index is -0.538. The van der Waals surface area contributed by atoms with Crippen molar-refractivity contribution in [3.8, 4) is 0 Å². The Kier molecular flexibility index (Phi) is 8.99. The van der Waals surface area contributed by atoms with E-state index in [1.54, 1.807) is 23.1 Å². The molecule has 2 aromatic rings. The third-order valence-electron chi connectivity index (χ3n) is 4.61. The van der Waals surface area contributed by atoms with Gasteiger partial charge in [0, 0.05) is 13.1 Å². The number of nitrogens with one attached hydrogen (secondary N) is 1. The summed E-state index contributed by atoms with van der Waals surface area (Å²) in [6.45, 7) is 6.95. The predicted octanol–water partition coefficient (Wildman–Crippen LogP) is 5.12. The molecule has 0 fully saturated rings. The van der Waals surface area contributed by atoms with Crippen molar-refractivity contribution >= 4 is 35.0 Å². The lowest BCUT2D eigenvalue weighted by Crippen LogP contribution is -2.50. The number of carbonyl (C=O) groups excluding carboxylic acids is 2. The van der Waals surface area contributed by atoms with E-state index in [-0.39, 0.29) is 18.2 Å². The Bertz CT molecular complexity index is 825. The number of hydrogen-bond acceptors (Lipinski definition) is 2. The molecule has 0 saturated carbocycles. The maximum atomic E-state index is 13.2. The molecule has 0 unspecified atom stereocenters. The van der Waals surface area contributed by atoms with Gasteiger partial charge in [-0.25, -0.2) is 0 Å². The first-order valence-corrected chi connectivity index (χ1v) is 10.6. The average molecular weight is 435 g/mol. The molecule has 4 nitrogen and oxygen atoms in total. The number of amides is 2. The van der Waals surface area contributed by atoms with Crippen LogP contribution < -0.4 is 5.32 Å². The van der Waals surface area contributed by atoms with Crippen LogP contribution in [0.25, 0.3) is 0 Å². The average Bonchev–Trinajstić information content (AvgIpc) is 2.69. The summed E-state index contributed by atoms with van der Waals surface area (Å²) in [5, 5.41) is 3.82. The molecule has 0 bridgehead atoms. The third kappa shape index (κ3) is 7.06. The summed E-state index contributed by atoms with van der Waals surface area (Å²) in [5.74, 6) is 0.0874. The molecule has 29 heavy (non-hydrogen) atoms. The number of hydrogen-bond donors (Lipinski definition) is 1. The molecule has 1 N–H and O–H groups in total. The van der Waals surface area contributed by atoms with Gasteiger partial charge in [-0.3, -0.25) is 9.59 Å². The zero-order valence-electron chi connectivity index (χ0n) is 17.1. The van der Waals surface area contributed by atoms with Crippen LogP contribution in [0.2, 0.25) is 10.0 Å². The van der Waals surface area contributed by atoms with Crippen molar-refractivity contribution in [1.29, 1.82) is 0 Å². The highest BCUT2D eigenvalue weighted by atomic mass is 35.5. The molecule has 2 rings (SSSR count). The monoisotopic (exact) mass is 434 g/mol. The fraction of sp³-hybridized carbons (Fsp3) is 0.391. The molecule has 2 amide bonds. The summed E-state index contributed by atoms with van der Waals surface area (Å²) >= 11 is 12.1. The van der Waals surface area contributed by atoms with E-state index >= 15 is 0 Å². The Morgan fingerprint density at radius 2 is 1.69 bits per heavy atom. The first kappa shape index (κ1) is 23.2. The van der Waals surface area contributed by atoms with Gasteiger partial charge in [-0.2, -0.15) is 0 Å². The fourth-order valence-electron chi connectivity index (χ4n) is 3.05. The van der Waals surface area contributed by atoms with Gasteiger partial charge in [0.1, 0.15) is 6.04 Å². The van der Waals surface area contributed by atoms with Gasteiger partial charge in [0.15, 0.2) is 0 Å². The van der Waals surface area contributed by atoms with Gasteiger partial charge < -0.3 is 10.2 Å². The first-order valence-electron chi connectivity index (χ1n) is 9.86. The van der Waals surface area contributed by atoms with Crippen LogP contribution in [0.15, 0.2) is 48.5 Å². The lowest BCUT2D eigenvalue weighted by Gasteiger charge is -2.31. The van der Waals surface area contributed by atoms with Crippen molar-refractivity contribution < 1.29 is 9.59 Å². The van der Waals surface area contributed by atoms with E-state index < -0.39 is 6.04 Å². The van der Waals surface area contributed by atoms with Crippen molar-refractivity contribution in [2.75, 3.05) is 6.54 Å². The second-order valence-electron chi connectivity index (χ2n) is 7.50. The normalized spacial score (nSPS) is 11.9. The van der Waals surface area contributed by atoms with Crippen molar-refractivity contribution in [1.82, 2.24) is 10.2 Å². The molecule has 156 valence electrons. The number of benzene rings is 2. The maximum Gasteiger partial charge on any atom is 0.242 e. The lowest BCUT2D eigenvalue weighted by molar-refractivity contribution is -0.141. The van der Waals surface area contributed by atoms with Gasteiger partial charge in [0.25, 0.3) is 0 Å². The first-order chi connectivity index (χ1) is 13.8. The van der Waals surface area contributed by atoms with Crippen LogP contribution in [-0.2, 0) is 22.6 Å². The van der Waals surface area contributed by atoms with E-state index in [2.05, 4.69) is 5.32 Å². The highest BCUT2D eigenvalue weighted by Gasteiger charge is 2.28. The molecule has 0 heterocycles. The lowest BCUT2D eigenvalue weighted by atomic mass is 10.1. The molecule has 0 saturated heterocycles. The van der Waals surface area contributed by atoms with E-state index in [4.69, 9.17) is 23.2 Å². The fourth-order valence-corrected chi connectivity index (χ4v) is 3.37. The molecule has 0 aliphatic rings. The van der Waals surface area contributed by atoms with E-state index in [9.17, 15) is 9.59 Å². The Morgan fingerprint density at radius 1 is 1.00 bits per heavy atom. The van der Waals surface area contributed by atoms with E-state index in [0.717, 1.165) is 11.1 Å². The quantitative estimate of drug-likeness (QED) is 0.595. The van der Waals surface area contributed by atoms with Gasteiger partial charge in [0.2, 0.25) is 11.8 Å². The van der Waals surface area contributed by atoms with E-state index in [0.29, 0.717) is 35.5 Å². The summed E-state index contributed by atoms with van der Waals surface area (Å²) in [6, 6.07) is 14.3. The second kappa shape index (κ2) is 11.2. The highest BCUT2D eigenvalue weighted by molar-refractivity contribution is 6.42. The summed E-state index contributed by atoms with van der Waals surface area (Å²) in [7, 11) is 0. The summed E-state index contributed by atoms with van der Waals surface area (Å²) in [5.41, 5.74) is 1.74.